The van der Waals surface area contributed by atoms with Crippen LogP contribution >= 0.6 is 27.5 Å². The van der Waals surface area contributed by atoms with Crippen LogP contribution in [0.4, 0.5) is 10.1 Å². The van der Waals surface area contributed by atoms with Crippen LogP contribution in [0.3, 0.4) is 0 Å². The van der Waals surface area contributed by atoms with Gasteiger partial charge in [-0.2, -0.15) is 0 Å². The van der Waals surface area contributed by atoms with Crippen molar-refractivity contribution < 1.29 is 13.9 Å². The lowest BCUT2D eigenvalue weighted by molar-refractivity contribution is 0.351. The number of anilines is 1. The van der Waals surface area contributed by atoms with E-state index < -0.39 is 5.82 Å². The van der Waals surface area contributed by atoms with E-state index >= 15 is 0 Å². The van der Waals surface area contributed by atoms with E-state index in [0.29, 0.717) is 18.0 Å². The first-order valence-electron chi connectivity index (χ1n) is 6.15. The molecule has 1 N–H and O–H groups in total. The van der Waals surface area contributed by atoms with E-state index in [1.165, 1.54) is 12.1 Å². The Morgan fingerprint density at radius 3 is 2.57 bits per heavy atom. The minimum absolute atomic E-state index is 0.0803. The van der Waals surface area contributed by atoms with Gasteiger partial charge in [0.1, 0.15) is 5.82 Å². The highest BCUT2D eigenvalue weighted by Crippen LogP contribution is 2.36. The van der Waals surface area contributed by atoms with Gasteiger partial charge in [0, 0.05) is 22.3 Å². The SMILES string of the molecule is COc1ccc(Br)c(CNc2ccc(F)c(Cl)c2)c1OC. The van der Waals surface area contributed by atoms with Gasteiger partial charge in [-0.1, -0.05) is 27.5 Å². The smallest absolute Gasteiger partial charge is 0.166 e. The summed E-state index contributed by atoms with van der Waals surface area (Å²) < 4.78 is 24.7. The second-order valence-electron chi connectivity index (χ2n) is 4.24. The zero-order valence-corrected chi connectivity index (χ0v) is 13.9. The van der Waals surface area contributed by atoms with Gasteiger partial charge < -0.3 is 14.8 Å². The molecule has 0 spiro atoms. The van der Waals surface area contributed by atoms with Crippen molar-refractivity contribution in [2.45, 2.75) is 6.54 Å². The number of hydrogen-bond acceptors (Lipinski definition) is 3. The number of halogens is 3. The molecular weight excluding hydrogens is 361 g/mol. The van der Waals surface area contributed by atoms with Crippen molar-refractivity contribution in [2.75, 3.05) is 19.5 Å². The molecule has 6 heteroatoms. The van der Waals surface area contributed by atoms with Crippen LogP contribution in [0.2, 0.25) is 5.02 Å². The zero-order chi connectivity index (χ0) is 15.4. The standard InChI is InChI=1S/C15H14BrClFNO2/c1-20-14-6-4-11(16)10(15(14)21-2)8-19-9-3-5-13(18)12(17)7-9/h3-7,19H,8H2,1-2H3. The highest BCUT2D eigenvalue weighted by molar-refractivity contribution is 9.10. The Kier molecular flexibility index (Phi) is 5.31. The van der Waals surface area contributed by atoms with Gasteiger partial charge in [0.05, 0.1) is 19.2 Å². The summed E-state index contributed by atoms with van der Waals surface area (Å²) in [5.41, 5.74) is 1.62. The monoisotopic (exact) mass is 373 g/mol. The molecule has 0 saturated carbocycles. The zero-order valence-electron chi connectivity index (χ0n) is 11.5. The van der Waals surface area contributed by atoms with Crippen LogP contribution in [0.5, 0.6) is 11.5 Å². The molecule has 0 aromatic heterocycles. The third-order valence-corrected chi connectivity index (χ3v) is 4.01. The van der Waals surface area contributed by atoms with Crippen LogP contribution in [0.15, 0.2) is 34.8 Å². The van der Waals surface area contributed by atoms with Gasteiger partial charge in [-0.25, -0.2) is 4.39 Å². The molecule has 2 aromatic rings. The van der Waals surface area contributed by atoms with Crippen LogP contribution in [-0.4, -0.2) is 14.2 Å². The number of benzene rings is 2. The molecule has 0 aliphatic rings. The van der Waals surface area contributed by atoms with Crippen molar-refractivity contribution in [3.63, 3.8) is 0 Å². The van der Waals surface area contributed by atoms with E-state index in [9.17, 15) is 4.39 Å². The molecule has 0 atom stereocenters. The van der Waals surface area contributed by atoms with Crippen molar-refractivity contribution in [1.29, 1.82) is 0 Å². The first kappa shape index (κ1) is 15.9. The van der Waals surface area contributed by atoms with Gasteiger partial charge >= 0.3 is 0 Å². The molecule has 0 unspecified atom stereocenters. The third-order valence-electron chi connectivity index (χ3n) is 2.98. The molecule has 2 aromatic carbocycles. The predicted molar refractivity (Wildman–Crippen MR) is 86.0 cm³/mol. The fourth-order valence-electron chi connectivity index (χ4n) is 1.93. The van der Waals surface area contributed by atoms with Crippen LogP contribution in [0.1, 0.15) is 5.56 Å². The molecule has 0 amide bonds. The molecule has 0 fully saturated rings. The summed E-state index contributed by atoms with van der Waals surface area (Å²) in [4.78, 5) is 0. The molecule has 0 saturated heterocycles. The molecule has 0 heterocycles. The van der Waals surface area contributed by atoms with E-state index in [4.69, 9.17) is 21.1 Å². The molecule has 0 aliphatic heterocycles. The van der Waals surface area contributed by atoms with Gasteiger partial charge in [0.2, 0.25) is 0 Å². The quantitative estimate of drug-likeness (QED) is 0.810. The van der Waals surface area contributed by atoms with Crippen molar-refractivity contribution in [3.8, 4) is 11.5 Å². The Morgan fingerprint density at radius 2 is 1.95 bits per heavy atom. The Balaban J connectivity index is 2.24. The van der Waals surface area contributed by atoms with Gasteiger partial charge in [-0.05, 0) is 30.3 Å². The number of rotatable bonds is 5. The van der Waals surface area contributed by atoms with Crippen molar-refractivity contribution in [2.24, 2.45) is 0 Å². The van der Waals surface area contributed by atoms with Crippen molar-refractivity contribution in [3.05, 3.63) is 51.2 Å². The topological polar surface area (TPSA) is 30.5 Å². The molecule has 0 bridgehead atoms. The summed E-state index contributed by atoms with van der Waals surface area (Å²) in [5, 5.41) is 3.26. The van der Waals surface area contributed by atoms with Crippen molar-refractivity contribution >= 4 is 33.2 Å². The Morgan fingerprint density at radius 1 is 1.19 bits per heavy atom. The first-order valence-corrected chi connectivity index (χ1v) is 7.32. The largest absolute Gasteiger partial charge is 0.493 e. The fraction of sp³-hybridized carbons (Fsp3) is 0.200. The average Bonchev–Trinajstić information content (AvgIpc) is 2.49. The van der Waals surface area contributed by atoms with Crippen LogP contribution in [-0.2, 0) is 6.54 Å². The van der Waals surface area contributed by atoms with Gasteiger partial charge in [-0.15, -0.1) is 0 Å². The van der Waals surface area contributed by atoms with Crippen LogP contribution in [0, 0.1) is 5.82 Å². The molecule has 21 heavy (non-hydrogen) atoms. The van der Waals surface area contributed by atoms with E-state index in [1.807, 2.05) is 12.1 Å². The maximum Gasteiger partial charge on any atom is 0.166 e. The maximum atomic E-state index is 13.1. The second-order valence-corrected chi connectivity index (χ2v) is 5.51. The molecule has 3 nitrogen and oxygen atoms in total. The Bertz CT molecular complexity index is 652. The van der Waals surface area contributed by atoms with Crippen molar-refractivity contribution in [1.82, 2.24) is 0 Å². The lowest BCUT2D eigenvalue weighted by atomic mass is 10.1. The molecule has 112 valence electrons. The van der Waals surface area contributed by atoms with Crippen LogP contribution < -0.4 is 14.8 Å². The maximum absolute atomic E-state index is 13.1. The summed E-state index contributed by atoms with van der Waals surface area (Å²) in [6.45, 7) is 0.475. The summed E-state index contributed by atoms with van der Waals surface area (Å²) in [6.07, 6.45) is 0. The van der Waals surface area contributed by atoms with E-state index in [0.717, 1.165) is 15.7 Å². The van der Waals surface area contributed by atoms with Crippen LogP contribution in [0.25, 0.3) is 0 Å². The second kappa shape index (κ2) is 7.00. The number of hydrogen-bond donors (Lipinski definition) is 1. The Hall–Kier alpha value is -1.46. The number of nitrogens with one attached hydrogen (secondary N) is 1. The lowest BCUT2D eigenvalue weighted by Crippen LogP contribution is -2.04. The van der Waals surface area contributed by atoms with E-state index in [2.05, 4.69) is 21.2 Å². The summed E-state index contributed by atoms with van der Waals surface area (Å²) >= 11 is 9.25. The normalized spacial score (nSPS) is 10.3. The summed E-state index contributed by atoms with van der Waals surface area (Å²) in [5.74, 6) is 0.851. The lowest BCUT2D eigenvalue weighted by Gasteiger charge is -2.15. The molecule has 0 radical (unpaired) electrons. The predicted octanol–water partition coefficient (Wildman–Crippen LogP) is 4.87. The Labute approximate surface area is 136 Å². The van der Waals surface area contributed by atoms with E-state index in [-0.39, 0.29) is 5.02 Å². The van der Waals surface area contributed by atoms with Gasteiger partial charge in [0.25, 0.3) is 0 Å². The minimum atomic E-state index is -0.442. The third kappa shape index (κ3) is 3.60. The fourth-order valence-corrected chi connectivity index (χ4v) is 2.56. The number of methoxy groups -OCH3 is 2. The highest BCUT2D eigenvalue weighted by atomic mass is 79.9. The highest BCUT2D eigenvalue weighted by Gasteiger charge is 2.13. The average molecular weight is 375 g/mol. The number of ether oxygens (including phenoxy) is 2. The molecule has 0 aliphatic carbocycles. The van der Waals surface area contributed by atoms with Gasteiger partial charge in [0.15, 0.2) is 11.5 Å². The molecule has 2 rings (SSSR count). The molecular formula is C15H14BrClFNO2. The summed E-state index contributed by atoms with van der Waals surface area (Å²) in [7, 11) is 3.17. The summed E-state index contributed by atoms with van der Waals surface area (Å²) in [6, 6.07) is 8.19. The minimum Gasteiger partial charge on any atom is -0.493 e. The van der Waals surface area contributed by atoms with Gasteiger partial charge in [-0.3, -0.25) is 0 Å². The first-order chi connectivity index (χ1) is 10.1. The van der Waals surface area contributed by atoms with E-state index in [1.54, 1.807) is 20.3 Å².